The number of anilines is 1. The third kappa shape index (κ3) is 6.17. The summed E-state index contributed by atoms with van der Waals surface area (Å²) in [5.74, 6) is 0.00452. The number of nitrogens with zero attached hydrogens (tertiary/aromatic N) is 1. The van der Waals surface area contributed by atoms with Gasteiger partial charge in [0.05, 0.1) is 16.9 Å². The monoisotopic (exact) mass is 641 g/mol. The molecule has 158 valence electrons. The van der Waals surface area contributed by atoms with Gasteiger partial charge in [0.1, 0.15) is 11.5 Å². The average molecular weight is 641 g/mol. The van der Waals surface area contributed by atoms with Gasteiger partial charge < -0.3 is 15.2 Å². The van der Waals surface area contributed by atoms with Gasteiger partial charge in [0.2, 0.25) is 0 Å². The van der Waals surface area contributed by atoms with E-state index >= 15 is 0 Å². The maximum Gasteiger partial charge on any atom is 0.271 e. The molecule has 0 spiro atoms. The second-order valence-corrected chi connectivity index (χ2v) is 8.70. The summed E-state index contributed by atoms with van der Waals surface area (Å²) in [5, 5.41) is 16.8. The van der Waals surface area contributed by atoms with Crippen molar-refractivity contribution in [3.63, 3.8) is 0 Å². The Morgan fingerprint density at radius 1 is 1.00 bits per heavy atom. The number of hydrogen-bond donors (Lipinski definition) is 3. The van der Waals surface area contributed by atoms with Crippen molar-refractivity contribution in [2.75, 3.05) is 12.4 Å². The summed E-state index contributed by atoms with van der Waals surface area (Å²) < 4.78 is 6.72. The highest BCUT2D eigenvalue weighted by Gasteiger charge is 2.10. The van der Waals surface area contributed by atoms with Crippen LogP contribution in [-0.2, 0) is 0 Å². The number of rotatable bonds is 6. The molecule has 0 aliphatic carbocycles. The summed E-state index contributed by atoms with van der Waals surface area (Å²) in [5.41, 5.74) is 4.19. The number of carbonyl (C=O) groups is 2. The topological polar surface area (TPSA) is 100 Å². The molecule has 0 saturated carbocycles. The fraction of sp³-hybridized carbons (Fsp3) is 0.0455. The van der Waals surface area contributed by atoms with Gasteiger partial charge in [-0.15, -0.1) is 0 Å². The van der Waals surface area contributed by atoms with Gasteiger partial charge in [-0.1, -0.05) is 6.07 Å². The fourth-order valence-electron chi connectivity index (χ4n) is 2.59. The molecule has 7 nitrogen and oxygen atoms in total. The van der Waals surface area contributed by atoms with Crippen LogP contribution in [0.1, 0.15) is 26.3 Å². The van der Waals surface area contributed by atoms with E-state index in [2.05, 4.69) is 38.4 Å². The molecular formula is C22H17I2N3O4. The Labute approximate surface area is 206 Å². The van der Waals surface area contributed by atoms with Crippen molar-refractivity contribution in [1.82, 2.24) is 5.43 Å². The second-order valence-electron chi connectivity index (χ2n) is 6.29. The highest BCUT2D eigenvalue weighted by molar-refractivity contribution is 14.1. The summed E-state index contributed by atoms with van der Waals surface area (Å²) in [6.45, 7) is 0. The molecule has 31 heavy (non-hydrogen) atoms. The molecule has 3 aromatic rings. The van der Waals surface area contributed by atoms with E-state index in [9.17, 15) is 14.7 Å². The summed E-state index contributed by atoms with van der Waals surface area (Å²) in [6, 6.07) is 16.8. The van der Waals surface area contributed by atoms with Crippen LogP contribution < -0.4 is 15.5 Å². The molecular weight excluding hydrogens is 624 g/mol. The van der Waals surface area contributed by atoms with E-state index in [1.807, 2.05) is 28.7 Å². The Kier molecular flexibility index (Phi) is 7.85. The quantitative estimate of drug-likeness (QED) is 0.208. The predicted molar refractivity (Wildman–Crippen MR) is 136 cm³/mol. The van der Waals surface area contributed by atoms with Gasteiger partial charge in [0, 0.05) is 25.9 Å². The van der Waals surface area contributed by atoms with E-state index in [1.165, 1.54) is 6.21 Å². The SMILES string of the molecule is COc1ccc(C(=O)Nc2cccc(C(=O)NN=Cc3cc(I)cc(I)c3O)c2)cc1. The van der Waals surface area contributed by atoms with Crippen molar-refractivity contribution < 1.29 is 19.4 Å². The fourth-order valence-corrected chi connectivity index (χ4v) is 4.48. The molecule has 3 aromatic carbocycles. The van der Waals surface area contributed by atoms with E-state index in [-0.39, 0.29) is 11.7 Å². The van der Waals surface area contributed by atoms with Gasteiger partial charge >= 0.3 is 0 Å². The first kappa shape index (κ1) is 23.0. The van der Waals surface area contributed by atoms with Crippen LogP contribution in [-0.4, -0.2) is 30.2 Å². The molecule has 9 heteroatoms. The minimum Gasteiger partial charge on any atom is -0.506 e. The Morgan fingerprint density at radius 3 is 2.45 bits per heavy atom. The maximum absolute atomic E-state index is 12.4. The Bertz CT molecular complexity index is 1150. The average Bonchev–Trinajstić information content (AvgIpc) is 2.77. The molecule has 0 bridgehead atoms. The number of nitrogens with one attached hydrogen (secondary N) is 2. The molecule has 0 heterocycles. The second kappa shape index (κ2) is 10.6. The largest absolute Gasteiger partial charge is 0.506 e. The zero-order chi connectivity index (χ0) is 22.4. The molecule has 0 aliphatic rings. The Balaban J connectivity index is 1.66. The smallest absolute Gasteiger partial charge is 0.271 e. The first-order valence-electron chi connectivity index (χ1n) is 8.94. The van der Waals surface area contributed by atoms with Crippen LogP contribution in [0.2, 0.25) is 0 Å². The highest BCUT2D eigenvalue weighted by Crippen LogP contribution is 2.25. The van der Waals surface area contributed by atoms with E-state index in [0.29, 0.717) is 31.7 Å². The molecule has 0 aromatic heterocycles. The number of hydrogen-bond acceptors (Lipinski definition) is 5. The highest BCUT2D eigenvalue weighted by atomic mass is 127. The van der Waals surface area contributed by atoms with Crippen LogP contribution in [0.3, 0.4) is 0 Å². The van der Waals surface area contributed by atoms with E-state index in [1.54, 1.807) is 61.7 Å². The third-order valence-electron chi connectivity index (χ3n) is 4.16. The first-order chi connectivity index (χ1) is 14.9. The summed E-state index contributed by atoms with van der Waals surface area (Å²) >= 11 is 4.16. The number of phenolic OH excluding ortho intramolecular Hbond substituents is 1. The van der Waals surface area contributed by atoms with Crippen LogP contribution >= 0.6 is 45.2 Å². The number of aromatic hydroxyl groups is 1. The van der Waals surface area contributed by atoms with Gasteiger partial charge in [-0.2, -0.15) is 5.10 Å². The molecule has 0 fully saturated rings. The number of methoxy groups -OCH3 is 1. The number of hydrazone groups is 1. The van der Waals surface area contributed by atoms with Gasteiger partial charge in [0.25, 0.3) is 11.8 Å². The van der Waals surface area contributed by atoms with Crippen LogP contribution in [0.5, 0.6) is 11.5 Å². The standard InChI is InChI=1S/C22H17I2N3O4/c1-31-18-7-5-13(6-8-18)21(29)26-17-4-2-3-14(10-17)22(30)27-25-12-15-9-16(23)11-19(24)20(15)28/h2-12,28H,1H3,(H,26,29)(H,27,30). The lowest BCUT2D eigenvalue weighted by Gasteiger charge is -2.08. The number of benzene rings is 3. The molecule has 3 rings (SSSR count). The number of ether oxygens (including phenoxy) is 1. The van der Waals surface area contributed by atoms with Crippen molar-refractivity contribution in [3.8, 4) is 11.5 Å². The van der Waals surface area contributed by atoms with Crippen molar-refractivity contribution in [1.29, 1.82) is 0 Å². The number of amides is 2. The minimum atomic E-state index is -0.448. The molecule has 0 aliphatic heterocycles. The van der Waals surface area contributed by atoms with Crippen LogP contribution in [0.25, 0.3) is 0 Å². The molecule has 0 radical (unpaired) electrons. The van der Waals surface area contributed by atoms with Crippen LogP contribution in [0.4, 0.5) is 5.69 Å². The number of halogens is 2. The van der Waals surface area contributed by atoms with E-state index < -0.39 is 5.91 Å². The van der Waals surface area contributed by atoms with Crippen LogP contribution in [0.15, 0.2) is 65.8 Å². The van der Waals surface area contributed by atoms with Crippen molar-refractivity contribution in [2.24, 2.45) is 5.10 Å². The summed E-state index contributed by atoms with van der Waals surface area (Å²) in [4.78, 5) is 24.8. The minimum absolute atomic E-state index is 0.0993. The Morgan fingerprint density at radius 2 is 1.74 bits per heavy atom. The summed E-state index contributed by atoms with van der Waals surface area (Å²) in [7, 11) is 1.56. The summed E-state index contributed by atoms with van der Waals surface area (Å²) in [6.07, 6.45) is 1.38. The zero-order valence-corrected chi connectivity index (χ0v) is 20.5. The lowest BCUT2D eigenvalue weighted by Crippen LogP contribution is -2.18. The normalized spacial score (nSPS) is 10.7. The van der Waals surface area contributed by atoms with Gasteiger partial charge in [0.15, 0.2) is 0 Å². The van der Waals surface area contributed by atoms with Crippen molar-refractivity contribution >= 4 is 68.9 Å². The molecule has 2 amide bonds. The Hall–Kier alpha value is -2.67. The van der Waals surface area contributed by atoms with Gasteiger partial charge in [-0.3, -0.25) is 9.59 Å². The number of phenols is 1. The first-order valence-corrected chi connectivity index (χ1v) is 11.1. The van der Waals surface area contributed by atoms with Crippen LogP contribution in [0, 0.1) is 7.14 Å². The third-order valence-corrected chi connectivity index (χ3v) is 5.61. The zero-order valence-electron chi connectivity index (χ0n) is 16.2. The van der Waals surface area contributed by atoms with Crippen molar-refractivity contribution in [2.45, 2.75) is 0 Å². The van der Waals surface area contributed by atoms with Gasteiger partial charge in [-0.25, -0.2) is 5.43 Å². The molecule has 0 atom stereocenters. The molecule has 0 saturated heterocycles. The lowest BCUT2D eigenvalue weighted by atomic mass is 10.1. The van der Waals surface area contributed by atoms with Gasteiger partial charge in [-0.05, 0) is 99.8 Å². The predicted octanol–water partition coefficient (Wildman–Crippen LogP) is 4.63. The molecule has 0 unspecified atom stereocenters. The number of carbonyl (C=O) groups excluding carboxylic acids is 2. The van der Waals surface area contributed by atoms with E-state index in [4.69, 9.17) is 4.74 Å². The lowest BCUT2D eigenvalue weighted by molar-refractivity contribution is 0.0953. The maximum atomic E-state index is 12.4. The van der Waals surface area contributed by atoms with E-state index in [0.717, 1.165) is 3.57 Å². The molecule has 3 N–H and O–H groups in total. The van der Waals surface area contributed by atoms with Crippen molar-refractivity contribution in [3.05, 3.63) is 84.5 Å².